The lowest BCUT2D eigenvalue weighted by molar-refractivity contribution is -0.0511. The molecule has 0 aromatic carbocycles. The van der Waals surface area contributed by atoms with Gasteiger partial charge in [0.05, 0.1) is 12.9 Å². The normalized spacial score (nSPS) is 34.7. The Balaban J connectivity index is 1.23. The van der Waals surface area contributed by atoms with Gasteiger partial charge in [0.2, 0.25) is 0 Å². The minimum Gasteiger partial charge on any atom is -0.394 e. The first-order valence-electron chi connectivity index (χ1n) is 14.5. The third kappa shape index (κ3) is 5.14. The van der Waals surface area contributed by atoms with E-state index in [-0.39, 0.29) is 6.61 Å². The van der Waals surface area contributed by atoms with E-state index in [1.54, 1.807) is 10.1 Å². The molecule has 39 heavy (non-hydrogen) atoms. The summed E-state index contributed by atoms with van der Waals surface area (Å²) in [7, 11) is 0. The van der Waals surface area contributed by atoms with Crippen molar-refractivity contribution in [2.45, 2.75) is 97.7 Å². The summed E-state index contributed by atoms with van der Waals surface area (Å²) in [5.74, 6) is 1.98. The van der Waals surface area contributed by atoms with E-state index < -0.39 is 24.5 Å². The van der Waals surface area contributed by atoms with Gasteiger partial charge in [-0.25, -0.2) is 15.0 Å². The molecule has 9 nitrogen and oxygen atoms in total. The van der Waals surface area contributed by atoms with Gasteiger partial charge in [-0.3, -0.25) is 4.57 Å². The van der Waals surface area contributed by atoms with E-state index >= 15 is 0 Å². The lowest BCUT2D eigenvalue weighted by atomic mass is 9.52. The van der Waals surface area contributed by atoms with Crippen LogP contribution < -0.4 is 5.32 Å². The molecule has 0 spiro atoms. The van der Waals surface area contributed by atoms with Crippen molar-refractivity contribution < 1.29 is 20.1 Å². The van der Waals surface area contributed by atoms with Gasteiger partial charge in [0.25, 0.3) is 0 Å². The van der Waals surface area contributed by atoms with Gasteiger partial charge in [0.1, 0.15) is 24.6 Å². The smallest absolute Gasteiger partial charge is 0.167 e. The number of anilines is 1. The summed E-state index contributed by atoms with van der Waals surface area (Å²) in [6.45, 7) is 12.3. The first-order valence-corrected chi connectivity index (χ1v) is 14.5. The molecule has 4 N–H and O–H groups in total. The predicted octanol–water partition coefficient (Wildman–Crippen LogP) is 4.38. The number of hydrogen-bond donors (Lipinski definition) is 4. The number of aliphatic hydroxyl groups excluding tert-OH is 3. The summed E-state index contributed by atoms with van der Waals surface area (Å²) >= 11 is 0. The zero-order chi connectivity index (χ0) is 27.9. The number of ether oxygens (including phenoxy) is 1. The van der Waals surface area contributed by atoms with Gasteiger partial charge in [0.15, 0.2) is 23.2 Å². The fourth-order valence-corrected chi connectivity index (χ4v) is 7.13. The summed E-state index contributed by atoms with van der Waals surface area (Å²) in [4.78, 5) is 13.2. The van der Waals surface area contributed by atoms with Crippen molar-refractivity contribution >= 4 is 17.0 Å². The predicted molar refractivity (Wildman–Crippen MR) is 151 cm³/mol. The quantitative estimate of drug-likeness (QED) is 0.364. The number of allylic oxidation sites excluding steroid dienone is 3. The fraction of sp³-hybridized carbons (Fsp3) is 0.700. The van der Waals surface area contributed by atoms with Crippen molar-refractivity contribution in [3.05, 3.63) is 36.0 Å². The Morgan fingerprint density at radius 2 is 2.00 bits per heavy atom. The van der Waals surface area contributed by atoms with Crippen molar-refractivity contribution in [3.8, 4) is 0 Å². The summed E-state index contributed by atoms with van der Waals surface area (Å²) < 4.78 is 7.23. The van der Waals surface area contributed by atoms with Gasteiger partial charge in [-0.2, -0.15) is 0 Å². The number of hydrogen-bond acceptors (Lipinski definition) is 8. The topological polar surface area (TPSA) is 126 Å². The maximum absolute atomic E-state index is 10.4. The monoisotopic (exact) mass is 539 g/mol. The zero-order valence-corrected chi connectivity index (χ0v) is 24.0. The highest BCUT2D eigenvalue weighted by molar-refractivity contribution is 5.82. The van der Waals surface area contributed by atoms with E-state index in [4.69, 9.17) is 4.74 Å². The number of rotatable bonds is 8. The third-order valence-corrected chi connectivity index (χ3v) is 9.99. The Morgan fingerprint density at radius 3 is 2.74 bits per heavy atom. The highest BCUT2D eigenvalue weighted by atomic mass is 16.6. The van der Waals surface area contributed by atoms with Crippen molar-refractivity contribution in [2.24, 2.45) is 22.7 Å². The van der Waals surface area contributed by atoms with Crippen LogP contribution in [-0.4, -0.2) is 66.3 Å². The minimum atomic E-state index is -1.20. The summed E-state index contributed by atoms with van der Waals surface area (Å²) in [6.07, 6.45) is 11.0. The molecular formula is C30H45N5O4. The molecule has 7 atom stereocenters. The molecule has 9 heteroatoms. The Labute approximate surface area is 231 Å². The molecule has 0 amide bonds. The molecule has 214 valence electrons. The van der Waals surface area contributed by atoms with E-state index in [1.807, 2.05) is 0 Å². The van der Waals surface area contributed by atoms with Crippen LogP contribution in [0.3, 0.4) is 0 Å². The van der Waals surface area contributed by atoms with Crippen LogP contribution in [0.5, 0.6) is 0 Å². The molecule has 0 bridgehead atoms. The number of fused-ring (bicyclic) bond motifs is 2. The van der Waals surface area contributed by atoms with Crippen molar-refractivity contribution in [2.75, 3.05) is 18.5 Å². The first-order chi connectivity index (χ1) is 18.6. The van der Waals surface area contributed by atoms with E-state index in [0.29, 0.717) is 46.2 Å². The molecule has 3 aliphatic rings. The number of aliphatic hydroxyl groups is 3. The average molecular weight is 540 g/mol. The standard InChI is InChI=1S/C30H45N5O4/c1-18(10-13-30(5)19(2)8-9-20-21(30)7-6-12-29(20,3)4)11-14-31-26-23-27(33-16-32-26)35(17-34-23)28-25(38)24(37)22(15-36)39-28/h9,11,16-17,19,21-22,24-25,28,36-38H,6-8,10,12-15H2,1-5H3,(H,31,32,33)/b18-11+/t19-,21-,22-,24?,25+,28-,30-/m1/s1. The van der Waals surface area contributed by atoms with Crippen LogP contribution >= 0.6 is 0 Å². The van der Waals surface area contributed by atoms with E-state index in [2.05, 4.69) is 67.0 Å². The van der Waals surface area contributed by atoms with Crippen molar-refractivity contribution in [1.29, 1.82) is 0 Å². The largest absolute Gasteiger partial charge is 0.394 e. The maximum atomic E-state index is 10.4. The lowest BCUT2D eigenvalue weighted by Crippen LogP contribution is -2.43. The summed E-state index contributed by atoms with van der Waals surface area (Å²) in [5.41, 5.74) is 4.78. The molecule has 2 aromatic rings. The highest BCUT2D eigenvalue weighted by Crippen LogP contribution is 2.58. The van der Waals surface area contributed by atoms with Gasteiger partial charge >= 0.3 is 0 Å². The van der Waals surface area contributed by atoms with E-state index in [0.717, 1.165) is 6.42 Å². The van der Waals surface area contributed by atoms with Crippen molar-refractivity contribution in [1.82, 2.24) is 19.5 Å². The molecule has 1 saturated carbocycles. The molecule has 0 radical (unpaired) electrons. The fourth-order valence-electron chi connectivity index (χ4n) is 7.13. The molecule has 1 aliphatic heterocycles. The first kappa shape index (κ1) is 28.2. The number of aromatic nitrogens is 4. The second-order valence-corrected chi connectivity index (χ2v) is 12.8. The Hall–Kier alpha value is -2.33. The molecule has 2 aromatic heterocycles. The van der Waals surface area contributed by atoms with Gasteiger partial charge in [-0.15, -0.1) is 0 Å². The summed E-state index contributed by atoms with van der Waals surface area (Å²) in [5, 5.41) is 33.3. The molecule has 3 heterocycles. The maximum Gasteiger partial charge on any atom is 0.167 e. The molecular weight excluding hydrogens is 494 g/mol. The van der Waals surface area contributed by atoms with Crippen LogP contribution in [0, 0.1) is 22.7 Å². The van der Waals surface area contributed by atoms with E-state index in [9.17, 15) is 15.3 Å². The second-order valence-electron chi connectivity index (χ2n) is 12.8. The van der Waals surface area contributed by atoms with Gasteiger partial charge in [-0.05, 0) is 61.7 Å². The Kier molecular flexibility index (Phi) is 7.90. The van der Waals surface area contributed by atoms with Crippen LogP contribution in [0.4, 0.5) is 5.82 Å². The molecule has 2 fully saturated rings. The van der Waals surface area contributed by atoms with Crippen LogP contribution in [0.2, 0.25) is 0 Å². The second kappa shape index (κ2) is 10.9. The van der Waals surface area contributed by atoms with Crippen LogP contribution in [-0.2, 0) is 4.74 Å². The van der Waals surface area contributed by atoms with Crippen LogP contribution in [0.25, 0.3) is 11.2 Å². The highest BCUT2D eigenvalue weighted by Gasteiger charge is 2.48. The van der Waals surface area contributed by atoms with Gasteiger partial charge in [-0.1, -0.05) is 57.4 Å². The minimum absolute atomic E-state index is 0.325. The number of nitrogens with one attached hydrogen (secondary N) is 1. The number of imidazole rings is 1. The lowest BCUT2D eigenvalue weighted by Gasteiger charge is -2.53. The molecule has 2 aliphatic carbocycles. The SMILES string of the molecule is C/C(=C\CNc1ncnc2c1ncn2[C@@H]1O[C@H](CO)C(O)[C@@H]1O)CC[C@]1(C)[C@H](C)CC=C2[C@H]1CCCC2(C)C. The van der Waals surface area contributed by atoms with E-state index in [1.165, 1.54) is 50.3 Å². The third-order valence-electron chi connectivity index (χ3n) is 9.99. The van der Waals surface area contributed by atoms with Gasteiger partial charge < -0.3 is 25.4 Å². The zero-order valence-electron chi connectivity index (χ0n) is 24.0. The van der Waals surface area contributed by atoms with Crippen LogP contribution in [0.1, 0.15) is 79.4 Å². The molecule has 1 unspecified atom stereocenters. The molecule has 5 rings (SSSR count). The van der Waals surface area contributed by atoms with Gasteiger partial charge in [0, 0.05) is 6.54 Å². The Morgan fingerprint density at radius 1 is 1.21 bits per heavy atom. The average Bonchev–Trinajstić information content (AvgIpc) is 3.46. The Bertz CT molecular complexity index is 1240. The van der Waals surface area contributed by atoms with Crippen LogP contribution in [0.15, 0.2) is 36.0 Å². The van der Waals surface area contributed by atoms with Crippen molar-refractivity contribution in [3.63, 3.8) is 0 Å². The number of nitrogens with zero attached hydrogens (tertiary/aromatic N) is 4. The molecule has 1 saturated heterocycles. The summed E-state index contributed by atoms with van der Waals surface area (Å²) in [6, 6.07) is 0.